The van der Waals surface area contributed by atoms with E-state index in [1.807, 2.05) is 4.90 Å². The first-order chi connectivity index (χ1) is 9.51. The summed E-state index contributed by atoms with van der Waals surface area (Å²) in [6.07, 6.45) is 3.09. The molecule has 114 valence electrons. The van der Waals surface area contributed by atoms with Crippen LogP contribution in [0.2, 0.25) is 0 Å². The third-order valence-corrected chi connectivity index (χ3v) is 4.16. The number of hydrogen-bond acceptors (Lipinski definition) is 4. The van der Waals surface area contributed by atoms with E-state index in [9.17, 15) is 4.79 Å². The zero-order valence-electron chi connectivity index (χ0n) is 12.3. The number of hydrogen-bond donors (Lipinski definition) is 2. The Bertz CT molecular complexity index is 385. The summed E-state index contributed by atoms with van der Waals surface area (Å²) in [6.45, 7) is 5.88. The molecule has 0 atom stereocenters. The van der Waals surface area contributed by atoms with Crippen LogP contribution in [-0.2, 0) is 9.53 Å². The van der Waals surface area contributed by atoms with Crippen LogP contribution in [0.1, 0.15) is 39.5 Å². The minimum atomic E-state index is -0.884. The van der Waals surface area contributed by atoms with Crippen molar-refractivity contribution >= 4 is 11.7 Å². The number of carbonyl (C=O) groups excluding carboxylic acids is 1. The Morgan fingerprint density at radius 2 is 2.05 bits per heavy atom. The van der Waals surface area contributed by atoms with E-state index >= 15 is 0 Å². The largest absolute Gasteiger partial charge is 0.409 e. The van der Waals surface area contributed by atoms with Gasteiger partial charge in [-0.15, -0.1) is 0 Å². The number of nitrogens with two attached hydrogens (primary N) is 1. The van der Waals surface area contributed by atoms with E-state index in [1.54, 1.807) is 0 Å². The van der Waals surface area contributed by atoms with Crippen LogP contribution in [0, 0.1) is 11.3 Å². The maximum absolute atomic E-state index is 13.0. The third kappa shape index (κ3) is 2.90. The second-order valence-corrected chi connectivity index (χ2v) is 6.26. The molecule has 1 heterocycles. The number of amidine groups is 1. The summed E-state index contributed by atoms with van der Waals surface area (Å²) in [7, 11) is 0. The zero-order chi connectivity index (χ0) is 14.8. The number of nitrogens with zero attached hydrogens (tertiary/aromatic N) is 2. The van der Waals surface area contributed by atoms with Crippen molar-refractivity contribution in [2.75, 3.05) is 19.8 Å². The van der Waals surface area contributed by atoms with Gasteiger partial charge in [-0.1, -0.05) is 19.0 Å². The second-order valence-electron chi connectivity index (χ2n) is 6.26. The summed E-state index contributed by atoms with van der Waals surface area (Å²) in [6, 6.07) is 0.330. The average molecular weight is 283 g/mol. The van der Waals surface area contributed by atoms with Gasteiger partial charge >= 0.3 is 0 Å². The minimum absolute atomic E-state index is 0.00676. The molecule has 2 aliphatic rings. The predicted molar refractivity (Wildman–Crippen MR) is 75.5 cm³/mol. The molecule has 0 aromatic rings. The van der Waals surface area contributed by atoms with Gasteiger partial charge in [0.15, 0.2) is 5.84 Å². The summed E-state index contributed by atoms with van der Waals surface area (Å²) in [5.41, 5.74) is 4.99. The van der Waals surface area contributed by atoms with Crippen LogP contribution in [0.5, 0.6) is 0 Å². The lowest BCUT2D eigenvalue weighted by Gasteiger charge is -2.39. The Labute approximate surface area is 119 Å². The maximum atomic E-state index is 13.0. The van der Waals surface area contributed by atoms with Gasteiger partial charge in [-0.25, -0.2) is 0 Å². The van der Waals surface area contributed by atoms with Crippen molar-refractivity contribution < 1.29 is 14.7 Å². The number of carbonyl (C=O) groups is 1. The molecule has 0 radical (unpaired) electrons. The summed E-state index contributed by atoms with van der Waals surface area (Å²) in [5, 5.41) is 12.2. The fourth-order valence-corrected chi connectivity index (χ4v) is 2.85. The highest BCUT2D eigenvalue weighted by Crippen LogP contribution is 2.37. The van der Waals surface area contributed by atoms with Crippen LogP contribution in [0.4, 0.5) is 0 Å². The van der Waals surface area contributed by atoms with Crippen LogP contribution in [0.25, 0.3) is 0 Å². The van der Waals surface area contributed by atoms with Crippen molar-refractivity contribution in [1.82, 2.24) is 4.90 Å². The van der Waals surface area contributed by atoms with Crippen molar-refractivity contribution in [1.29, 1.82) is 0 Å². The van der Waals surface area contributed by atoms with Crippen LogP contribution >= 0.6 is 0 Å². The molecule has 2 rings (SSSR count). The van der Waals surface area contributed by atoms with Crippen LogP contribution < -0.4 is 5.73 Å². The molecule has 1 amide bonds. The predicted octanol–water partition coefficient (Wildman–Crippen LogP) is 1.18. The molecule has 3 N–H and O–H groups in total. The van der Waals surface area contributed by atoms with Crippen molar-refractivity contribution in [2.24, 2.45) is 22.2 Å². The summed E-state index contributed by atoms with van der Waals surface area (Å²) in [4.78, 5) is 15.0. The summed E-state index contributed by atoms with van der Waals surface area (Å²) >= 11 is 0. The zero-order valence-corrected chi connectivity index (χ0v) is 12.3. The summed E-state index contributed by atoms with van der Waals surface area (Å²) < 4.78 is 5.34. The Balaban J connectivity index is 2.24. The van der Waals surface area contributed by atoms with E-state index in [0.29, 0.717) is 38.0 Å². The molecule has 0 bridgehead atoms. The van der Waals surface area contributed by atoms with Crippen molar-refractivity contribution in [2.45, 2.75) is 45.6 Å². The van der Waals surface area contributed by atoms with E-state index in [2.05, 4.69) is 19.0 Å². The molecule has 1 aliphatic carbocycles. The molecular weight excluding hydrogens is 258 g/mol. The lowest BCUT2D eigenvalue weighted by molar-refractivity contribution is -0.143. The molecular formula is C14H25N3O3. The molecule has 6 heteroatoms. The highest BCUT2D eigenvalue weighted by atomic mass is 16.5. The third-order valence-electron chi connectivity index (χ3n) is 4.16. The lowest BCUT2D eigenvalue weighted by atomic mass is 9.77. The molecule has 1 saturated heterocycles. The molecule has 6 nitrogen and oxygen atoms in total. The van der Waals surface area contributed by atoms with Crippen molar-refractivity contribution in [3.05, 3.63) is 0 Å². The molecule has 1 saturated carbocycles. The standard InChI is InChI=1S/C14H25N3O3/c1-10(2)9-17(11-3-4-11)13(18)14(12(15)16-19)5-7-20-8-6-14/h10-11,19H,3-9H2,1-2H3,(H2,15,16). The van der Waals surface area contributed by atoms with Crippen LogP contribution in [0.15, 0.2) is 5.16 Å². The SMILES string of the molecule is CC(C)CN(C(=O)C1(C(N)=NO)CCOCC1)C1CC1. The first-order valence-electron chi connectivity index (χ1n) is 7.38. The van der Waals surface area contributed by atoms with Gasteiger partial charge in [0.25, 0.3) is 0 Å². The number of amides is 1. The Kier molecular flexibility index (Phi) is 4.52. The van der Waals surface area contributed by atoms with Gasteiger partial charge in [-0.2, -0.15) is 0 Å². The van der Waals surface area contributed by atoms with Crippen molar-refractivity contribution in [3.63, 3.8) is 0 Å². The molecule has 0 unspecified atom stereocenters. The number of rotatable bonds is 5. The highest BCUT2D eigenvalue weighted by Gasteiger charge is 2.49. The van der Waals surface area contributed by atoms with Gasteiger partial charge in [0.1, 0.15) is 5.41 Å². The molecule has 0 aromatic heterocycles. The highest BCUT2D eigenvalue weighted by molar-refractivity contribution is 6.07. The molecule has 0 spiro atoms. The smallest absolute Gasteiger partial charge is 0.236 e. The molecule has 20 heavy (non-hydrogen) atoms. The fraction of sp³-hybridized carbons (Fsp3) is 0.857. The van der Waals surface area contributed by atoms with Gasteiger partial charge in [0, 0.05) is 25.8 Å². The molecule has 0 aromatic carbocycles. The lowest BCUT2D eigenvalue weighted by Crippen LogP contribution is -2.55. The Morgan fingerprint density at radius 3 is 2.50 bits per heavy atom. The van der Waals surface area contributed by atoms with E-state index in [-0.39, 0.29) is 11.7 Å². The molecule has 2 fully saturated rings. The summed E-state index contributed by atoms with van der Waals surface area (Å²) in [5.74, 6) is 0.441. The van der Waals surface area contributed by atoms with E-state index in [4.69, 9.17) is 15.7 Å². The first-order valence-corrected chi connectivity index (χ1v) is 7.38. The second kappa shape index (κ2) is 5.99. The van der Waals surface area contributed by atoms with Gasteiger partial charge in [0.05, 0.1) is 0 Å². The van der Waals surface area contributed by atoms with Gasteiger partial charge in [-0.05, 0) is 31.6 Å². The molecule has 1 aliphatic heterocycles. The monoisotopic (exact) mass is 283 g/mol. The van der Waals surface area contributed by atoms with E-state index < -0.39 is 5.41 Å². The Morgan fingerprint density at radius 1 is 1.45 bits per heavy atom. The van der Waals surface area contributed by atoms with E-state index in [1.165, 1.54) is 0 Å². The minimum Gasteiger partial charge on any atom is -0.409 e. The maximum Gasteiger partial charge on any atom is 0.236 e. The van der Waals surface area contributed by atoms with Crippen molar-refractivity contribution in [3.8, 4) is 0 Å². The van der Waals surface area contributed by atoms with Gasteiger partial charge < -0.3 is 20.6 Å². The first kappa shape index (κ1) is 15.1. The topological polar surface area (TPSA) is 88.2 Å². The average Bonchev–Trinajstić information content (AvgIpc) is 3.28. The van der Waals surface area contributed by atoms with Crippen LogP contribution in [0.3, 0.4) is 0 Å². The van der Waals surface area contributed by atoms with Gasteiger partial charge in [-0.3, -0.25) is 4.79 Å². The van der Waals surface area contributed by atoms with Gasteiger partial charge in [0.2, 0.25) is 5.91 Å². The Hall–Kier alpha value is -1.30. The number of oxime groups is 1. The normalized spacial score (nSPS) is 22.9. The van der Waals surface area contributed by atoms with E-state index in [0.717, 1.165) is 19.4 Å². The number of ether oxygens (including phenoxy) is 1. The van der Waals surface area contributed by atoms with Crippen LogP contribution in [-0.4, -0.2) is 47.7 Å². The quantitative estimate of drug-likeness (QED) is 0.343. The fourth-order valence-electron chi connectivity index (χ4n) is 2.85.